The number of hydrogen-bond donors (Lipinski definition) is 1. The lowest BCUT2D eigenvalue weighted by Crippen LogP contribution is -2.14. The molecule has 0 fully saturated rings. The van der Waals surface area contributed by atoms with Gasteiger partial charge in [0.15, 0.2) is 0 Å². The first-order valence-corrected chi connectivity index (χ1v) is 12.5. The van der Waals surface area contributed by atoms with Crippen LogP contribution in [0.5, 0.6) is 5.75 Å². The summed E-state index contributed by atoms with van der Waals surface area (Å²) < 4.78 is 7.61. The zero-order valence-corrected chi connectivity index (χ0v) is 21.5. The first-order chi connectivity index (χ1) is 18.0. The zero-order chi connectivity index (χ0) is 25.9. The van der Waals surface area contributed by atoms with E-state index in [4.69, 9.17) is 9.72 Å². The summed E-state index contributed by atoms with van der Waals surface area (Å²) in [6.45, 7) is 8.82. The average Bonchev–Trinajstić information content (AvgIpc) is 3.30. The summed E-state index contributed by atoms with van der Waals surface area (Å²) in [5, 5.41) is 8.46. The van der Waals surface area contributed by atoms with E-state index in [0.717, 1.165) is 27.8 Å². The molecule has 0 bridgehead atoms. The Hall–Kier alpha value is -4.45. The zero-order valence-electron chi connectivity index (χ0n) is 21.5. The lowest BCUT2D eigenvalue weighted by molar-refractivity contribution is 0.102. The van der Waals surface area contributed by atoms with Crippen molar-refractivity contribution in [3.63, 3.8) is 0 Å². The number of para-hydroxylation sites is 3. The molecule has 2 aromatic heterocycles. The number of hydrogen-bond acceptors (Lipinski definition) is 4. The molecule has 0 saturated carbocycles. The van der Waals surface area contributed by atoms with Gasteiger partial charge in [-0.15, -0.1) is 0 Å². The molecule has 0 atom stereocenters. The second kappa shape index (κ2) is 10.3. The Kier molecular flexibility index (Phi) is 6.73. The summed E-state index contributed by atoms with van der Waals surface area (Å²) >= 11 is 0. The topological polar surface area (TPSA) is 69.0 Å². The maximum Gasteiger partial charge on any atom is 0.256 e. The van der Waals surface area contributed by atoms with E-state index >= 15 is 0 Å². The molecule has 37 heavy (non-hydrogen) atoms. The molecule has 3 aromatic carbocycles. The van der Waals surface area contributed by atoms with Gasteiger partial charge in [-0.2, -0.15) is 5.10 Å². The highest BCUT2D eigenvalue weighted by Gasteiger charge is 2.18. The van der Waals surface area contributed by atoms with Crippen LogP contribution in [0.15, 0.2) is 85.1 Å². The maximum absolute atomic E-state index is 13.6. The van der Waals surface area contributed by atoms with Gasteiger partial charge in [0.05, 0.1) is 46.6 Å². The number of nitrogens with zero attached hydrogens (tertiary/aromatic N) is 3. The second-order valence-corrected chi connectivity index (χ2v) is 9.26. The fraction of sp³-hybridized carbons (Fsp3) is 0.194. The van der Waals surface area contributed by atoms with Gasteiger partial charge in [0.25, 0.3) is 5.91 Å². The van der Waals surface area contributed by atoms with Gasteiger partial charge in [-0.25, -0.2) is 9.67 Å². The highest BCUT2D eigenvalue weighted by Crippen LogP contribution is 2.30. The summed E-state index contributed by atoms with van der Waals surface area (Å²) in [6, 6.07) is 25.4. The summed E-state index contributed by atoms with van der Waals surface area (Å²) in [7, 11) is 0. The molecule has 2 heterocycles. The van der Waals surface area contributed by atoms with E-state index in [-0.39, 0.29) is 5.91 Å². The van der Waals surface area contributed by atoms with Gasteiger partial charge in [0.1, 0.15) is 5.75 Å². The third-order valence-electron chi connectivity index (χ3n) is 6.49. The normalized spacial score (nSPS) is 11.2. The number of amides is 1. The molecule has 6 nitrogen and oxygen atoms in total. The van der Waals surface area contributed by atoms with Crippen LogP contribution in [0, 0.1) is 6.92 Å². The van der Waals surface area contributed by atoms with Crippen LogP contribution in [0.3, 0.4) is 0 Å². The number of carbonyl (C=O) groups is 1. The Morgan fingerprint density at radius 1 is 1.00 bits per heavy atom. The van der Waals surface area contributed by atoms with Crippen LogP contribution in [0.25, 0.3) is 27.8 Å². The van der Waals surface area contributed by atoms with E-state index in [1.807, 2.05) is 79.3 Å². The number of rotatable bonds is 7. The number of ether oxygens (including phenoxy) is 1. The van der Waals surface area contributed by atoms with Crippen LogP contribution in [0.2, 0.25) is 0 Å². The van der Waals surface area contributed by atoms with Gasteiger partial charge in [0.2, 0.25) is 0 Å². The van der Waals surface area contributed by atoms with E-state index in [2.05, 4.69) is 48.5 Å². The van der Waals surface area contributed by atoms with Gasteiger partial charge in [-0.3, -0.25) is 4.79 Å². The van der Waals surface area contributed by atoms with Crippen molar-refractivity contribution in [2.45, 2.75) is 33.6 Å². The Bertz CT molecular complexity index is 1570. The van der Waals surface area contributed by atoms with Crippen molar-refractivity contribution < 1.29 is 9.53 Å². The molecule has 0 spiro atoms. The van der Waals surface area contributed by atoms with Crippen LogP contribution in [0.4, 0.5) is 5.69 Å². The molecule has 0 saturated heterocycles. The molecule has 6 heteroatoms. The summed E-state index contributed by atoms with van der Waals surface area (Å²) in [4.78, 5) is 18.4. The lowest BCUT2D eigenvalue weighted by Gasteiger charge is -2.13. The number of pyridine rings is 1. The van der Waals surface area contributed by atoms with Crippen LogP contribution in [-0.2, 0) is 0 Å². The third kappa shape index (κ3) is 4.83. The van der Waals surface area contributed by atoms with Gasteiger partial charge in [-0.05, 0) is 61.7 Å². The van der Waals surface area contributed by atoms with Gasteiger partial charge < -0.3 is 10.1 Å². The highest BCUT2D eigenvalue weighted by atomic mass is 16.5. The molecule has 1 N–H and O–H groups in total. The highest BCUT2D eigenvalue weighted by molar-refractivity contribution is 6.13. The number of anilines is 1. The third-order valence-corrected chi connectivity index (χ3v) is 6.49. The molecule has 0 radical (unpaired) electrons. The molecule has 1 amide bonds. The first-order valence-electron chi connectivity index (χ1n) is 12.5. The lowest BCUT2D eigenvalue weighted by atomic mass is 10.0. The quantitative estimate of drug-likeness (QED) is 0.263. The minimum Gasteiger partial charge on any atom is -0.492 e. The number of nitrogens with one attached hydrogen (secondary N) is 1. The van der Waals surface area contributed by atoms with E-state index in [1.54, 1.807) is 0 Å². The van der Waals surface area contributed by atoms with Crippen LogP contribution in [-0.4, -0.2) is 27.3 Å². The number of benzene rings is 3. The van der Waals surface area contributed by atoms with E-state index in [9.17, 15) is 4.79 Å². The molecule has 5 aromatic rings. The maximum atomic E-state index is 13.6. The Morgan fingerprint density at radius 3 is 2.49 bits per heavy atom. The SMILES string of the molecule is CCOc1ccccc1NC(=O)c1cc(-c2cnn(-c3ccc(C(C)C)cc3)c2C)nc2ccccc12. The fourth-order valence-electron chi connectivity index (χ4n) is 4.46. The second-order valence-electron chi connectivity index (χ2n) is 9.26. The van der Waals surface area contributed by atoms with Gasteiger partial charge >= 0.3 is 0 Å². The Morgan fingerprint density at radius 2 is 1.73 bits per heavy atom. The van der Waals surface area contributed by atoms with Crippen LogP contribution in [0.1, 0.15) is 48.3 Å². The summed E-state index contributed by atoms with van der Waals surface area (Å²) in [5.41, 5.74) is 6.72. The van der Waals surface area contributed by atoms with Crippen molar-refractivity contribution in [3.8, 4) is 22.7 Å². The molecule has 5 rings (SSSR count). The van der Waals surface area contributed by atoms with Gasteiger partial charge in [-0.1, -0.05) is 56.3 Å². The first kappa shape index (κ1) is 24.3. The minimum absolute atomic E-state index is 0.221. The van der Waals surface area contributed by atoms with Crippen molar-refractivity contribution in [3.05, 3.63) is 102 Å². The van der Waals surface area contributed by atoms with E-state index < -0.39 is 0 Å². The summed E-state index contributed by atoms with van der Waals surface area (Å²) in [5.74, 6) is 0.883. The average molecular weight is 491 g/mol. The molecule has 0 unspecified atom stereocenters. The summed E-state index contributed by atoms with van der Waals surface area (Å²) in [6.07, 6.45) is 1.81. The smallest absolute Gasteiger partial charge is 0.256 e. The van der Waals surface area contributed by atoms with Crippen molar-refractivity contribution in [1.82, 2.24) is 14.8 Å². The monoisotopic (exact) mass is 490 g/mol. The Labute approximate surface area is 216 Å². The number of fused-ring (bicyclic) bond motifs is 1. The number of aromatic nitrogens is 3. The van der Waals surface area contributed by atoms with Crippen molar-refractivity contribution >= 4 is 22.5 Å². The minimum atomic E-state index is -0.221. The number of carbonyl (C=O) groups excluding carboxylic acids is 1. The molecule has 0 aliphatic heterocycles. The largest absolute Gasteiger partial charge is 0.492 e. The Balaban J connectivity index is 1.55. The van der Waals surface area contributed by atoms with Gasteiger partial charge in [0, 0.05) is 10.9 Å². The molecule has 0 aliphatic rings. The van der Waals surface area contributed by atoms with E-state index in [1.165, 1.54) is 5.56 Å². The predicted molar refractivity (Wildman–Crippen MR) is 149 cm³/mol. The van der Waals surface area contributed by atoms with Crippen molar-refractivity contribution in [1.29, 1.82) is 0 Å². The molecule has 0 aliphatic carbocycles. The van der Waals surface area contributed by atoms with Crippen molar-refractivity contribution in [2.75, 3.05) is 11.9 Å². The predicted octanol–water partition coefficient (Wildman–Crippen LogP) is 7.17. The molecular weight excluding hydrogens is 460 g/mol. The van der Waals surface area contributed by atoms with Crippen LogP contribution >= 0.6 is 0 Å². The van der Waals surface area contributed by atoms with Crippen molar-refractivity contribution in [2.24, 2.45) is 0 Å². The molecular formula is C31H30N4O2. The standard InChI is InChI=1S/C31H30N4O2/c1-5-37-30-13-9-8-12-28(30)34-31(36)25-18-29(33-27-11-7-6-10-24(25)27)26-19-32-35(21(26)4)23-16-14-22(15-17-23)20(2)3/h6-20H,5H2,1-4H3,(H,34,36). The molecule has 186 valence electrons. The van der Waals surface area contributed by atoms with Crippen LogP contribution < -0.4 is 10.1 Å². The fourth-order valence-corrected chi connectivity index (χ4v) is 4.46. The van der Waals surface area contributed by atoms with E-state index in [0.29, 0.717) is 35.2 Å².